The number of hydrazine groups is 1. The van der Waals surface area contributed by atoms with Crippen LogP contribution in [0.1, 0.15) is 22.7 Å². The molecule has 0 aliphatic carbocycles. The van der Waals surface area contributed by atoms with Gasteiger partial charge in [0, 0.05) is 10.6 Å². The summed E-state index contributed by atoms with van der Waals surface area (Å²) >= 11 is 1.74. The van der Waals surface area contributed by atoms with Crippen molar-refractivity contribution in [2.75, 3.05) is 5.75 Å². The lowest BCUT2D eigenvalue weighted by Gasteiger charge is -2.17. The van der Waals surface area contributed by atoms with Crippen LogP contribution >= 0.6 is 11.8 Å². The number of thioether (sulfide) groups is 1. The highest BCUT2D eigenvalue weighted by atomic mass is 32.2. The number of rotatable bonds is 5. The Morgan fingerprint density at radius 2 is 2.00 bits per heavy atom. The van der Waals surface area contributed by atoms with E-state index in [1.54, 1.807) is 24.8 Å². The average Bonchev–Trinajstić information content (AvgIpc) is 2.43. The van der Waals surface area contributed by atoms with Crippen molar-refractivity contribution in [3.05, 3.63) is 65.0 Å². The molecule has 0 spiro atoms. The molecule has 4 heteroatoms. The van der Waals surface area contributed by atoms with Crippen molar-refractivity contribution in [1.29, 1.82) is 0 Å². The summed E-state index contributed by atoms with van der Waals surface area (Å²) in [6, 6.07) is 13.5. The van der Waals surface area contributed by atoms with E-state index < -0.39 is 0 Å². The first-order chi connectivity index (χ1) is 9.60. The molecule has 0 aliphatic rings. The molecule has 2 nitrogen and oxygen atoms in total. The van der Waals surface area contributed by atoms with Gasteiger partial charge in [0.25, 0.3) is 0 Å². The SMILES string of the molecule is Cc1cccc(SCC(NN)c2ccc(F)c(C)c2)c1. The Balaban J connectivity index is 2.07. The molecule has 106 valence electrons. The van der Waals surface area contributed by atoms with E-state index in [2.05, 4.69) is 30.5 Å². The second-order valence-corrected chi connectivity index (χ2v) is 5.95. The van der Waals surface area contributed by atoms with Gasteiger partial charge in [-0.2, -0.15) is 0 Å². The van der Waals surface area contributed by atoms with Crippen LogP contribution in [0, 0.1) is 19.7 Å². The molecule has 0 aromatic heterocycles. The van der Waals surface area contributed by atoms with Gasteiger partial charge in [-0.25, -0.2) is 4.39 Å². The lowest BCUT2D eigenvalue weighted by atomic mass is 10.1. The maximum atomic E-state index is 13.3. The van der Waals surface area contributed by atoms with Crippen LogP contribution in [0.4, 0.5) is 4.39 Å². The van der Waals surface area contributed by atoms with Crippen molar-refractivity contribution >= 4 is 11.8 Å². The molecule has 1 atom stereocenters. The summed E-state index contributed by atoms with van der Waals surface area (Å²) < 4.78 is 13.3. The fraction of sp³-hybridized carbons (Fsp3) is 0.250. The Morgan fingerprint density at radius 3 is 2.65 bits per heavy atom. The van der Waals surface area contributed by atoms with E-state index in [4.69, 9.17) is 5.84 Å². The van der Waals surface area contributed by atoms with E-state index in [1.807, 2.05) is 12.1 Å². The van der Waals surface area contributed by atoms with E-state index in [0.29, 0.717) is 5.56 Å². The number of halogens is 1. The summed E-state index contributed by atoms with van der Waals surface area (Å²) in [6.45, 7) is 3.84. The van der Waals surface area contributed by atoms with Crippen molar-refractivity contribution in [3.63, 3.8) is 0 Å². The van der Waals surface area contributed by atoms with E-state index in [-0.39, 0.29) is 11.9 Å². The lowest BCUT2D eigenvalue weighted by Crippen LogP contribution is -2.29. The summed E-state index contributed by atoms with van der Waals surface area (Å²) in [5.41, 5.74) is 5.70. The van der Waals surface area contributed by atoms with E-state index in [0.717, 1.165) is 11.3 Å². The van der Waals surface area contributed by atoms with Gasteiger partial charge in [-0.05, 0) is 43.2 Å². The predicted molar refractivity (Wildman–Crippen MR) is 83.1 cm³/mol. The van der Waals surface area contributed by atoms with Crippen LogP contribution in [0.25, 0.3) is 0 Å². The van der Waals surface area contributed by atoms with Crippen molar-refractivity contribution in [2.45, 2.75) is 24.8 Å². The molecule has 2 aromatic carbocycles. The highest BCUT2D eigenvalue weighted by molar-refractivity contribution is 7.99. The Hall–Kier alpha value is -1.36. The first-order valence-electron chi connectivity index (χ1n) is 6.52. The minimum atomic E-state index is -0.184. The molecule has 3 N–H and O–H groups in total. The molecule has 0 saturated carbocycles. The fourth-order valence-electron chi connectivity index (χ4n) is 2.01. The summed E-state index contributed by atoms with van der Waals surface area (Å²) in [6.07, 6.45) is 0. The zero-order valence-corrected chi connectivity index (χ0v) is 12.5. The largest absolute Gasteiger partial charge is 0.271 e. The van der Waals surface area contributed by atoms with Gasteiger partial charge in [0.05, 0.1) is 6.04 Å². The normalized spacial score (nSPS) is 12.4. The molecule has 0 aliphatic heterocycles. The third-order valence-corrected chi connectivity index (χ3v) is 4.28. The first-order valence-corrected chi connectivity index (χ1v) is 7.50. The summed E-state index contributed by atoms with van der Waals surface area (Å²) in [7, 11) is 0. The highest BCUT2D eigenvalue weighted by Gasteiger charge is 2.11. The van der Waals surface area contributed by atoms with Crippen LogP contribution in [-0.2, 0) is 0 Å². The second-order valence-electron chi connectivity index (χ2n) is 4.86. The first kappa shape index (κ1) is 15.0. The average molecular weight is 290 g/mol. The van der Waals surface area contributed by atoms with Crippen LogP contribution in [0.3, 0.4) is 0 Å². The summed E-state index contributed by atoms with van der Waals surface area (Å²) in [5, 5.41) is 0. The van der Waals surface area contributed by atoms with Gasteiger partial charge in [0.1, 0.15) is 5.82 Å². The van der Waals surface area contributed by atoms with Crippen LogP contribution in [0.2, 0.25) is 0 Å². The topological polar surface area (TPSA) is 38.0 Å². The van der Waals surface area contributed by atoms with Crippen LogP contribution in [0.15, 0.2) is 47.4 Å². The zero-order valence-electron chi connectivity index (χ0n) is 11.7. The fourth-order valence-corrected chi connectivity index (χ4v) is 3.10. The smallest absolute Gasteiger partial charge is 0.126 e. The third-order valence-electron chi connectivity index (χ3n) is 3.19. The molecule has 20 heavy (non-hydrogen) atoms. The molecule has 1 unspecified atom stereocenters. The van der Waals surface area contributed by atoms with E-state index in [1.165, 1.54) is 16.5 Å². The number of benzene rings is 2. The van der Waals surface area contributed by atoms with E-state index in [9.17, 15) is 4.39 Å². The number of aryl methyl sites for hydroxylation is 2. The molecule has 0 fully saturated rings. The highest BCUT2D eigenvalue weighted by Crippen LogP contribution is 2.25. The third kappa shape index (κ3) is 3.82. The monoisotopic (exact) mass is 290 g/mol. The standard InChI is InChI=1S/C16H19FN2S/c1-11-4-3-5-14(8-11)20-10-16(19-18)13-6-7-15(17)12(2)9-13/h3-9,16,19H,10,18H2,1-2H3. The van der Waals surface area contributed by atoms with Gasteiger partial charge in [-0.1, -0.05) is 29.8 Å². The van der Waals surface area contributed by atoms with Crippen LogP contribution in [-0.4, -0.2) is 5.75 Å². The molecule has 0 radical (unpaired) electrons. The maximum Gasteiger partial charge on any atom is 0.126 e. The molecule has 0 saturated heterocycles. The summed E-state index contributed by atoms with van der Waals surface area (Å²) in [5.74, 6) is 6.24. The van der Waals surface area contributed by atoms with Gasteiger partial charge in [-0.15, -0.1) is 11.8 Å². The molecule has 2 rings (SSSR count). The predicted octanol–water partition coefficient (Wildman–Crippen LogP) is 3.74. The molecular formula is C16H19FN2S. The van der Waals surface area contributed by atoms with Crippen molar-refractivity contribution < 1.29 is 4.39 Å². The Labute approximate surface area is 123 Å². The summed E-state index contributed by atoms with van der Waals surface area (Å²) in [4.78, 5) is 1.21. The van der Waals surface area contributed by atoms with Gasteiger partial charge in [0.2, 0.25) is 0 Å². The Morgan fingerprint density at radius 1 is 1.20 bits per heavy atom. The van der Waals surface area contributed by atoms with Gasteiger partial charge < -0.3 is 0 Å². The number of nitrogens with one attached hydrogen (secondary N) is 1. The number of hydrogen-bond donors (Lipinski definition) is 2. The molecule has 2 aromatic rings. The number of nitrogens with two attached hydrogens (primary N) is 1. The second kappa shape index (κ2) is 6.88. The quantitative estimate of drug-likeness (QED) is 0.500. The van der Waals surface area contributed by atoms with Crippen molar-refractivity contribution in [3.8, 4) is 0 Å². The van der Waals surface area contributed by atoms with Crippen molar-refractivity contribution in [2.24, 2.45) is 5.84 Å². The maximum absolute atomic E-state index is 13.3. The molecule has 0 amide bonds. The lowest BCUT2D eigenvalue weighted by molar-refractivity contribution is 0.596. The van der Waals surface area contributed by atoms with Crippen LogP contribution in [0.5, 0.6) is 0 Å². The van der Waals surface area contributed by atoms with Crippen molar-refractivity contribution in [1.82, 2.24) is 5.43 Å². The molecular weight excluding hydrogens is 271 g/mol. The molecule has 0 bridgehead atoms. The zero-order chi connectivity index (χ0) is 14.5. The Bertz CT molecular complexity index is 586. The molecule has 0 heterocycles. The number of hydrogen-bond acceptors (Lipinski definition) is 3. The van der Waals surface area contributed by atoms with Gasteiger partial charge >= 0.3 is 0 Å². The Kier molecular flexibility index (Phi) is 5.17. The minimum absolute atomic E-state index is 0.000174. The van der Waals surface area contributed by atoms with Crippen LogP contribution < -0.4 is 11.3 Å². The van der Waals surface area contributed by atoms with Gasteiger partial charge in [-0.3, -0.25) is 11.3 Å². The minimum Gasteiger partial charge on any atom is -0.271 e. The van der Waals surface area contributed by atoms with E-state index >= 15 is 0 Å². The van der Waals surface area contributed by atoms with Gasteiger partial charge in [0.15, 0.2) is 0 Å².